The minimum atomic E-state index is -4.94. The molecule has 0 amide bonds. The Morgan fingerprint density at radius 3 is 2.61 bits per heavy atom. The maximum atomic E-state index is 14.8. The van der Waals surface area contributed by atoms with Crippen LogP contribution < -0.4 is 10.9 Å². The molecule has 2 aliphatic heterocycles. The predicted octanol–water partition coefficient (Wildman–Crippen LogP) is 3.74. The number of benzene rings is 1. The summed E-state index contributed by atoms with van der Waals surface area (Å²) >= 11 is 6.22. The van der Waals surface area contributed by atoms with Crippen LogP contribution in [0.5, 0.6) is 0 Å². The van der Waals surface area contributed by atoms with E-state index in [2.05, 4.69) is 10.4 Å². The first kappa shape index (κ1) is 28.3. The standard InChI is InChI=1S/C23H24ClF4N5O4S/c24-20-18(30-13-22(25)6-1-9-37-14-22)12-31-33(21(20)34)16-4-7-32(8-5-16)38(35,36)19-10-15(11-29)2-3-17(19)23(26,27)28/h2-3,10,12,16,30H,1,4-9,13-14H2/t22-/m0/s1. The number of halogens is 5. The maximum absolute atomic E-state index is 14.8. The van der Waals surface area contributed by atoms with Crippen molar-refractivity contribution in [1.82, 2.24) is 14.1 Å². The van der Waals surface area contributed by atoms with E-state index in [0.717, 1.165) is 15.1 Å². The zero-order chi connectivity index (χ0) is 27.7. The summed E-state index contributed by atoms with van der Waals surface area (Å²) in [6.45, 7) is -0.0792. The van der Waals surface area contributed by atoms with Gasteiger partial charge in [0.1, 0.15) is 5.02 Å². The largest absolute Gasteiger partial charge is 0.417 e. The van der Waals surface area contributed by atoms with Gasteiger partial charge in [0.2, 0.25) is 10.0 Å². The molecule has 9 nitrogen and oxygen atoms in total. The summed E-state index contributed by atoms with van der Waals surface area (Å²) in [5.74, 6) is 0. The molecule has 206 valence electrons. The highest BCUT2D eigenvalue weighted by atomic mass is 35.5. The number of hydrogen-bond acceptors (Lipinski definition) is 7. The Morgan fingerprint density at radius 2 is 2.00 bits per heavy atom. The molecule has 0 aliphatic carbocycles. The monoisotopic (exact) mass is 577 g/mol. The third-order valence-electron chi connectivity index (χ3n) is 6.62. The number of piperidine rings is 1. The van der Waals surface area contributed by atoms with Gasteiger partial charge in [-0.05, 0) is 43.9 Å². The number of nitrogens with one attached hydrogen (secondary N) is 1. The van der Waals surface area contributed by atoms with Gasteiger partial charge < -0.3 is 10.1 Å². The van der Waals surface area contributed by atoms with E-state index in [1.807, 2.05) is 0 Å². The molecule has 4 rings (SSSR count). The second-order valence-corrected chi connectivity index (χ2v) is 11.5. The highest BCUT2D eigenvalue weighted by molar-refractivity contribution is 7.89. The lowest BCUT2D eigenvalue weighted by molar-refractivity contribution is -0.139. The van der Waals surface area contributed by atoms with E-state index >= 15 is 0 Å². The molecular formula is C23H24ClF4N5O4S. The molecule has 2 fully saturated rings. The van der Waals surface area contributed by atoms with Crippen LogP contribution >= 0.6 is 11.6 Å². The van der Waals surface area contributed by atoms with Gasteiger partial charge in [0.15, 0.2) is 5.67 Å². The zero-order valence-corrected chi connectivity index (χ0v) is 21.5. The Labute approximate surface area is 221 Å². The Kier molecular flexibility index (Phi) is 8.04. The predicted molar refractivity (Wildman–Crippen MR) is 129 cm³/mol. The van der Waals surface area contributed by atoms with Crippen molar-refractivity contribution in [2.75, 3.05) is 38.2 Å². The van der Waals surface area contributed by atoms with Crippen molar-refractivity contribution in [3.63, 3.8) is 0 Å². The van der Waals surface area contributed by atoms with Crippen LogP contribution in [0.1, 0.15) is 42.9 Å². The number of anilines is 1. The van der Waals surface area contributed by atoms with Crippen molar-refractivity contribution in [3.05, 3.63) is 50.9 Å². The summed E-state index contributed by atoms with van der Waals surface area (Å²) in [5.41, 5.74) is -3.70. The molecule has 3 heterocycles. The van der Waals surface area contributed by atoms with Crippen LogP contribution in [0.2, 0.25) is 5.02 Å². The first-order valence-corrected chi connectivity index (χ1v) is 13.6. The lowest BCUT2D eigenvalue weighted by atomic mass is 9.99. The number of hydrogen-bond donors (Lipinski definition) is 1. The third-order valence-corrected chi connectivity index (χ3v) is 8.92. The lowest BCUT2D eigenvalue weighted by Crippen LogP contribution is -2.42. The number of nitriles is 1. The van der Waals surface area contributed by atoms with E-state index in [-0.39, 0.29) is 55.4 Å². The average molecular weight is 578 g/mol. The molecule has 0 unspecified atom stereocenters. The summed E-state index contributed by atoms with van der Waals surface area (Å²) in [6.07, 6.45) is -2.62. The molecule has 0 spiro atoms. The molecule has 2 saturated heterocycles. The van der Waals surface area contributed by atoms with Crippen LogP contribution in [0.25, 0.3) is 0 Å². The third kappa shape index (κ3) is 5.80. The second kappa shape index (κ2) is 10.8. The van der Waals surface area contributed by atoms with Crippen molar-refractivity contribution in [3.8, 4) is 6.07 Å². The molecule has 0 bridgehead atoms. The summed E-state index contributed by atoms with van der Waals surface area (Å²) in [4.78, 5) is 11.9. The highest BCUT2D eigenvalue weighted by Gasteiger charge is 2.40. The van der Waals surface area contributed by atoms with Crippen LogP contribution in [-0.4, -0.2) is 61.0 Å². The van der Waals surface area contributed by atoms with Gasteiger partial charge in [-0.15, -0.1) is 0 Å². The molecule has 1 aromatic heterocycles. The van der Waals surface area contributed by atoms with Gasteiger partial charge in [0.25, 0.3) is 5.56 Å². The quantitative estimate of drug-likeness (QED) is 0.520. The number of alkyl halides is 4. The van der Waals surface area contributed by atoms with Gasteiger partial charge in [-0.2, -0.15) is 27.8 Å². The molecule has 15 heteroatoms. The fourth-order valence-corrected chi connectivity index (χ4v) is 6.45. The number of nitrogens with zero attached hydrogens (tertiary/aromatic N) is 4. The van der Waals surface area contributed by atoms with Gasteiger partial charge in [-0.25, -0.2) is 17.5 Å². The highest BCUT2D eigenvalue weighted by Crippen LogP contribution is 2.37. The van der Waals surface area contributed by atoms with Crippen molar-refractivity contribution in [2.24, 2.45) is 0 Å². The maximum Gasteiger partial charge on any atom is 0.417 e. The number of aromatic nitrogens is 2. The molecule has 0 saturated carbocycles. The van der Waals surface area contributed by atoms with Gasteiger partial charge >= 0.3 is 6.18 Å². The van der Waals surface area contributed by atoms with Crippen LogP contribution in [0.4, 0.5) is 23.2 Å². The smallest absolute Gasteiger partial charge is 0.379 e. The summed E-state index contributed by atoms with van der Waals surface area (Å²) < 4.78 is 88.7. The van der Waals surface area contributed by atoms with E-state index in [1.165, 1.54) is 6.20 Å². The average Bonchev–Trinajstić information content (AvgIpc) is 2.89. The van der Waals surface area contributed by atoms with Gasteiger partial charge in [0, 0.05) is 19.7 Å². The van der Waals surface area contributed by atoms with E-state index in [4.69, 9.17) is 21.6 Å². The minimum Gasteiger partial charge on any atom is -0.379 e. The molecular weight excluding hydrogens is 554 g/mol. The van der Waals surface area contributed by atoms with Crippen molar-refractivity contribution in [1.29, 1.82) is 5.26 Å². The SMILES string of the molecule is N#Cc1ccc(C(F)(F)F)c(S(=O)(=O)N2CCC(n3ncc(NC[C@@]4(F)CCCOC4)c(Cl)c3=O)CC2)c1. The Bertz CT molecular complexity index is 1400. The van der Waals surface area contributed by atoms with E-state index in [0.29, 0.717) is 31.6 Å². The molecule has 2 aromatic rings. The second-order valence-electron chi connectivity index (χ2n) is 9.24. The van der Waals surface area contributed by atoms with E-state index in [9.17, 15) is 30.8 Å². The van der Waals surface area contributed by atoms with Crippen LogP contribution in [0.3, 0.4) is 0 Å². The summed E-state index contributed by atoms with van der Waals surface area (Å²) in [5, 5.41) is 15.8. The zero-order valence-electron chi connectivity index (χ0n) is 20.0. The molecule has 2 aliphatic rings. The topological polar surface area (TPSA) is 117 Å². The Hall–Kier alpha value is -2.73. The first-order chi connectivity index (χ1) is 17.9. The molecule has 38 heavy (non-hydrogen) atoms. The fourth-order valence-electron chi connectivity index (χ4n) is 4.55. The van der Waals surface area contributed by atoms with Crippen molar-refractivity contribution >= 4 is 27.3 Å². The Morgan fingerprint density at radius 1 is 1.29 bits per heavy atom. The number of sulfonamides is 1. The molecule has 0 radical (unpaired) electrons. The summed E-state index contributed by atoms with van der Waals surface area (Å²) in [7, 11) is -4.59. The van der Waals surface area contributed by atoms with Gasteiger partial charge in [-0.1, -0.05) is 11.6 Å². The van der Waals surface area contributed by atoms with Crippen molar-refractivity contribution < 1.29 is 30.7 Å². The van der Waals surface area contributed by atoms with Crippen LogP contribution in [-0.2, 0) is 20.9 Å². The molecule has 1 atom stereocenters. The number of rotatable bonds is 6. The lowest BCUT2D eigenvalue weighted by Gasteiger charge is -2.32. The van der Waals surface area contributed by atoms with Crippen LogP contribution in [0, 0.1) is 11.3 Å². The fraction of sp³-hybridized carbons (Fsp3) is 0.522. The van der Waals surface area contributed by atoms with Gasteiger partial charge in [-0.3, -0.25) is 4.79 Å². The van der Waals surface area contributed by atoms with Crippen LogP contribution in [0.15, 0.2) is 34.1 Å². The van der Waals surface area contributed by atoms with Gasteiger partial charge in [0.05, 0.1) is 53.2 Å². The summed E-state index contributed by atoms with van der Waals surface area (Å²) in [6, 6.07) is 3.28. The molecule has 1 N–H and O–H groups in total. The Balaban J connectivity index is 1.48. The normalized spacial score (nSPS) is 21.7. The van der Waals surface area contributed by atoms with E-state index in [1.54, 1.807) is 6.07 Å². The van der Waals surface area contributed by atoms with E-state index < -0.39 is 43.9 Å². The number of ether oxygens (including phenoxy) is 1. The minimum absolute atomic E-state index is 0.0745. The first-order valence-electron chi connectivity index (χ1n) is 11.7. The molecule has 1 aromatic carbocycles. The van der Waals surface area contributed by atoms with Crippen molar-refractivity contribution in [2.45, 2.75) is 48.5 Å².